The van der Waals surface area contributed by atoms with Gasteiger partial charge in [-0.25, -0.2) is 9.97 Å². The number of aliphatic hydroxyl groups excluding tert-OH is 1. The molecule has 1 atom stereocenters. The summed E-state index contributed by atoms with van der Waals surface area (Å²) in [6.07, 6.45) is 5.05. The maximum absolute atomic E-state index is 8.87. The predicted molar refractivity (Wildman–Crippen MR) is 68.9 cm³/mol. The molecule has 6 heteroatoms. The van der Waals surface area contributed by atoms with Gasteiger partial charge < -0.3 is 14.5 Å². The Morgan fingerprint density at radius 3 is 3.00 bits per heavy atom. The van der Waals surface area contributed by atoms with Crippen molar-refractivity contribution >= 4 is 5.95 Å². The van der Waals surface area contributed by atoms with E-state index in [0.29, 0.717) is 12.3 Å². The summed E-state index contributed by atoms with van der Waals surface area (Å²) >= 11 is 0. The first-order valence-electron chi connectivity index (χ1n) is 6.45. The molecule has 2 aromatic rings. The van der Waals surface area contributed by atoms with Crippen LogP contribution in [0.4, 0.5) is 5.95 Å². The van der Waals surface area contributed by atoms with Crippen LogP contribution in [-0.4, -0.2) is 39.9 Å². The maximum Gasteiger partial charge on any atom is 0.225 e. The van der Waals surface area contributed by atoms with Gasteiger partial charge in [-0.3, -0.25) is 0 Å². The van der Waals surface area contributed by atoms with E-state index in [2.05, 4.69) is 20.0 Å². The first-order chi connectivity index (χ1) is 9.36. The van der Waals surface area contributed by atoms with Gasteiger partial charge in [0.25, 0.3) is 0 Å². The lowest BCUT2D eigenvalue weighted by atomic mass is 10.0. The van der Waals surface area contributed by atoms with Crippen LogP contribution in [0.1, 0.15) is 23.8 Å². The summed E-state index contributed by atoms with van der Waals surface area (Å²) in [5, 5.41) is 13.0. The second-order valence-corrected chi connectivity index (χ2v) is 4.67. The zero-order valence-electron chi connectivity index (χ0n) is 10.6. The van der Waals surface area contributed by atoms with E-state index >= 15 is 0 Å². The van der Waals surface area contributed by atoms with Crippen molar-refractivity contribution in [2.75, 3.05) is 24.6 Å². The molecule has 6 nitrogen and oxygen atoms in total. The minimum absolute atomic E-state index is 0.0866. The van der Waals surface area contributed by atoms with Crippen LogP contribution in [0.25, 0.3) is 0 Å². The van der Waals surface area contributed by atoms with Crippen LogP contribution in [0.15, 0.2) is 29.0 Å². The van der Waals surface area contributed by atoms with Crippen LogP contribution in [0.3, 0.4) is 0 Å². The highest BCUT2D eigenvalue weighted by Crippen LogP contribution is 2.28. The van der Waals surface area contributed by atoms with Crippen LogP contribution in [0, 0.1) is 0 Å². The Kier molecular flexibility index (Phi) is 3.41. The average Bonchev–Trinajstić information content (AvgIpc) is 3.08. The summed E-state index contributed by atoms with van der Waals surface area (Å²) in [6.45, 7) is 1.87. The number of hydrogen-bond donors (Lipinski definition) is 1. The SMILES string of the molecule is OCCc1cc([C@H]2CCN(c3ncccn3)C2)no1. The highest BCUT2D eigenvalue weighted by molar-refractivity contribution is 5.33. The van der Waals surface area contributed by atoms with E-state index in [1.54, 1.807) is 12.4 Å². The molecule has 0 bridgehead atoms. The monoisotopic (exact) mass is 260 g/mol. The topological polar surface area (TPSA) is 75.3 Å². The number of aliphatic hydroxyl groups is 1. The smallest absolute Gasteiger partial charge is 0.225 e. The number of hydrogen-bond acceptors (Lipinski definition) is 6. The molecule has 1 fully saturated rings. The molecule has 0 aromatic carbocycles. The highest BCUT2D eigenvalue weighted by atomic mass is 16.5. The van der Waals surface area contributed by atoms with Gasteiger partial charge in [-0.1, -0.05) is 5.16 Å². The zero-order chi connectivity index (χ0) is 13.1. The summed E-state index contributed by atoms with van der Waals surface area (Å²) in [5.41, 5.74) is 0.960. The second-order valence-electron chi connectivity index (χ2n) is 4.67. The van der Waals surface area contributed by atoms with E-state index in [1.807, 2.05) is 12.1 Å². The fourth-order valence-corrected chi connectivity index (χ4v) is 2.39. The average molecular weight is 260 g/mol. The van der Waals surface area contributed by atoms with Gasteiger partial charge >= 0.3 is 0 Å². The maximum atomic E-state index is 8.87. The molecule has 1 aliphatic heterocycles. The molecule has 0 spiro atoms. The molecule has 0 aliphatic carbocycles. The third-order valence-electron chi connectivity index (χ3n) is 3.38. The standard InChI is InChI=1S/C13H16N4O2/c18-7-3-11-8-12(16-19-11)10-2-6-17(9-10)13-14-4-1-5-15-13/h1,4-5,8,10,18H,2-3,6-7,9H2/t10-/m0/s1. The third-order valence-corrected chi connectivity index (χ3v) is 3.38. The van der Waals surface area contributed by atoms with Crippen molar-refractivity contribution in [2.24, 2.45) is 0 Å². The van der Waals surface area contributed by atoms with Crippen LogP contribution in [-0.2, 0) is 6.42 Å². The minimum atomic E-state index is 0.0866. The summed E-state index contributed by atoms with van der Waals surface area (Å²) in [4.78, 5) is 10.7. The number of anilines is 1. The lowest BCUT2D eigenvalue weighted by molar-refractivity contribution is 0.276. The summed E-state index contributed by atoms with van der Waals surface area (Å²) < 4.78 is 5.20. The van der Waals surface area contributed by atoms with Gasteiger partial charge in [0, 0.05) is 43.9 Å². The Hall–Kier alpha value is -1.95. The van der Waals surface area contributed by atoms with Crippen molar-refractivity contribution in [3.63, 3.8) is 0 Å². The molecule has 2 aromatic heterocycles. The molecule has 1 N–H and O–H groups in total. The van der Waals surface area contributed by atoms with Crippen LogP contribution < -0.4 is 4.90 Å². The van der Waals surface area contributed by atoms with E-state index in [4.69, 9.17) is 9.63 Å². The van der Waals surface area contributed by atoms with E-state index in [1.165, 1.54) is 0 Å². The lowest BCUT2D eigenvalue weighted by Crippen LogP contribution is -2.21. The molecule has 0 unspecified atom stereocenters. The van der Waals surface area contributed by atoms with Gasteiger partial charge in [0.2, 0.25) is 5.95 Å². The summed E-state index contributed by atoms with van der Waals surface area (Å²) in [6, 6.07) is 3.76. The number of nitrogens with zero attached hydrogens (tertiary/aromatic N) is 4. The first-order valence-corrected chi connectivity index (χ1v) is 6.45. The van der Waals surface area contributed by atoms with E-state index in [0.717, 1.165) is 36.9 Å². The van der Waals surface area contributed by atoms with E-state index in [9.17, 15) is 0 Å². The predicted octanol–water partition coefficient (Wildman–Crippen LogP) is 0.993. The van der Waals surface area contributed by atoms with Gasteiger partial charge in [-0.05, 0) is 12.5 Å². The Bertz CT molecular complexity index is 528. The van der Waals surface area contributed by atoms with E-state index < -0.39 is 0 Å². The molecule has 1 saturated heterocycles. The molecular weight excluding hydrogens is 244 g/mol. The largest absolute Gasteiger partial charge is 0.396 e. The molecule has 1 aliphatic rings. The summed E-state index contributed by atoms with van der Waals surface area (Å²) in [7, 11) is 0. The van der Waals surface area contributed by atoms with Crippen molar-refractivity contribution in [1.29, 1.82) is 0 Å². The van der Waals surface area contributed by atoms with Gasteiger partial charge in [0.15, 0.2) is 0 Å². The van der Waals surface area contributed by atoms with Crippen LogP contribution >= 0.6 is 0 Å². The number of rotatable bonds is 4. The molecular formula is C13H16N4O2. The number of aromatic nitrogens is 3. The fraction of sp³-hybridized carbons (Fsp3) is 0.462. The Balaban J connectivity index is 1.68. The van der Waals surface area contributed by atoms with Gasteiger partial charge in [0.05, 0.1) is 12.3 Å². The Morgan fingerprint density at radius 1 is 1.37 bits per heavy atom. The Morgan fingerprint density at radius 2 is 2.21 bits per heavy atom. The molecule has 3 heterocycles. The lowest BCUT2D eigenvalue weighted by Gasteiger charge is -2.14. The van der Waals surface area contributed by atoms with Crippen molar-refractivity contribution in [2.45, 2.75) is 18.8 Å². The third kappa shape index (κ3) is 2.58. The Labute approximate surface area is 111 Å². The van der Waals surface area contributed by atoms with Crippen molar-refractivity contribution in [1.82, 2.24) is 15.1 Å². The second kappa shape index (κ2) is 5.36. The van der Waals surface area contributed by atoms with Crippen LogP contribution in [0.2, 0.25) is 0 Å². The van der Waals surface area contributed by atoms with Crippen molar-refractivity contribution in [3.05, 3.63) is 36.0 Å². The normalized spacial score (nSPS) is 19.0. The van der Waals surface area contributed by atoms with Crippen LogP contribution in [0.5, 0.6) is 0 Å². The quantitative estimate of drug-likeness (QED) is 0.883. The minimum Gasteiger partial charge on any atom is -0.396 e. The molecule has 3 rings (SSSR count). The molecule has 100 valence electrons. The van der Waals surface area contributed by atoms with Gasteiger partial charge in [-0.2, -0.15) is 0 Å². The molecule has 0 amide bonds. The molecule has 0 saturated carbocycles. The van der Waals surface area contributed by atoms with Crippen molar-refractivity contribution < 1.29 is 9.63 Å². The van der Waals surface area contributed by atoms with Gasteiger partial charge in [-0.15, -0.1) is 0 Å². The molecule has 19 heavy (non-hydrogen) atoms. The fourth-order valence-electron chi connectivity index (χ4n) is 2.39. The van der Waals surface area contributed by atoms with Gasteiger partial charge in [0.1, 0.15) is 5.76 Å². The van der Waals surface area contributed by atoms with E-state index in [-0.39, 0.29) is 6.61 Å². The highest BCUT2D eigenvalue weighted by Gasteiger charge is 2.27. The van der Waals surface area contributed by atoms with Crippen molar-refractivity contribution in [3.8, 4) is 0 Å². The first kappa shape index (κ1) is 12.1. The molecule has 0 radical (unpaired) electrons. The zero-order valence-corrected chi connectivity index (χ0v) is 10.6. The summed E-state index contributed by atoms with van der Waals surface area (Å²) in [5.74, 6) is 1.86.